The molecule has 0 aliphatic heterocycles. The van der Waals surface area contributed by atoms with E-state index in [1.807, 2.05) is 4.90 Å². The molecule has 4 aliphatic carbocycles. The van der Waals surface area contributed by atoms with E-state index in [0.717, 1.165) is 69.4 Å². The zero-order chi connectivity index (χ0) is 28.0. The Hall–Kier alpha value is -0.900. The van der Waals surface area contributed by atoms with Gasteiger partial charge in [-0.3, -0.25) is 9.59 Å². The summed E-state index contributed by atoms with van der Waals surface area (Å²) in [6.07, 6.45) is 22.2. The maximum absolute atomic E-state index is 12.5. The molecule has 1 amide bonds. The van der Waals surface area contributed by atoms with Crippen molar-refractivity contribution in [3.8, 4) is 0 Å². The Morgan fingerprint density at radius 3 is 2.13 bits per heavy atom. The molecule has 8 atom stereocenters. The summed E-state index contributed by atoms with van der Waals surface area (Å²) in [7, 11) is 0. The third kappa shape index (κ3) is 6.78. The van der Waals surface area contributed by atoms with Gasteiger partial charge in [0.2, 0.25) is 5.91 Å². The summed E-state index contributed by atoms with van der Waals surface area (Å²) in [5, 5.41) is 11.0. The van der Waals surface area contributed by atoms with E-state index in [1.165, 1.54) is 83.5 Å². The molecule has 0 unspecified atom stereocenters. The lowest BCUT2D eigenvalue weighted by atomic mass is 9.42. The minimum absolute atomic E-state index is 0.106. The van der Waals surface area contributed by atoms with Gasteiger partial charge in [-0.25, -0.2) is 0 Å². The van der Waals surface area contributed by atoms with Crippen LogP contribution in [-0.4, -0.2) is 40.9 Å². The van der Waals surface area contributed by atoms with E-state index in [0.29, 0.717) is 28.9 Å². The van der Waals surface area contributed by atoms with Gasteiger partial charge in [-0.2, -0.15) is 0 Å². The first-order valence-corrected chi connectivity index (χ1v) is 17.2. The maximum Gasteiger partial charge on any atom is 0.222 e. The molecule has 4 fully saturated rings. The lowest BCUT2D eigenvalue weighted by Crippen LogP contribution is -2.57. The van der Waals surface area contributed by atoms with E-state index in [1.54, 1.807) is 0 Å². The van der Waals surface area contributed by atoms with E-state index in [9.17, 15) is 14.7 Å². The van der Waals surface area contributed by atoms with Gasteiger partial charge >= 0.3 is 0 Å². The first kappa shape index (κ1) is 31.0. The Morgan fingerprint density at radius 2 is 1.46 bits per heavy atom. The van der Waals surface area contributed by atoms with E-state index in [2.05, 4.69) is 27.7 Å². The Morgan fingerprint density at radius 1 is 0.846 bits per heavy atom. The highest BCUT2D eigenvalue weighted by atomic mass is 16.3. The first-order valence-electron chi connectivity index (χ1n) is 17.2. The molecule has 4 nitrogen and oxygen atoms in total. The summed E-state index contributed by atoms with van der Waals surface area (Å²) in [4.78, 5) is 26.5. The number of amides is 1. The molecule has 4 saturated carbocycles. The quantitative estimate of drug-likeness (QED) is 0.224. The first-order chi connectivity index (χ1) is 18.7. The summed E-state index contributed by atoms with van der Waals surface area (Å²) >= 11 is 0. The van der Waals surface area contributed by atoms with Gasteiger partial charge in [0.05, 0.1) is 6.10 Å². The number of hydrogen-bond donors (Lipinski definition) is 1. The molecule has 4 rings (SSSR count). The largest absolute Gasteiger partial charge is 0.393 e. The molecule has 0 aromatic carbocycles. The lowest BCUT2D eigenvalue weighted by Gasteiger charge is -2.62. The highest BCUT2D eigenvalue weighted by molar-refractivity contribution is 5.79. The molecule has 0 bridgehead atoms. The van der Waals surface area contributed by atoms with Crippen molar-refractivity contribution in [1.82, 2.24) is 4.90 Å². The molecule has 0 aromatic rings. The number of fused-ring (bicyclic) bond motifs is 5. The number of nitrogens with zero attached hydrogens (tertiary/aromatic N) is 1. The molecular weight excluding hydrogens is 482 g/mol. The SMILES string of the molecule is CCN(CC)C(=O)CCCCCCCCCCC[C@@H]1C[C@H]2CC(=O)CC[C@]2(C)[C@H]2CC[C@]3(C)[C@@H](O)CC[C@H]3[C@H]12. The number of Topliss-reactive ketones (excluding diaryl/α,β-unsaturated/α-hetero) is 1. The van der Waals surface area contributed by atoms with E-state index >= 15 is 0 Å². The maximum atomic E-state index is 12.5. The van der Waals surface area contributed by atoms with E-state index < -0.39 is 0 Å². The number of carbonyl (C=O) groups excluding carboxylic acids is 2. The minimum Gasteiger partial charge on any atom is -0.393 e. The van der Waals surface area contributed by atoms with Crippen molar-refractivity contribution in [2.24, 2.45) is 40.4 Å². The van der Waals surface area contributed by atoms with Crippen molar-refractivity contribution in [3.63, 3.8) is 0 Å². The van der Waals surface area contributed by atoms with Crippen LogP contribution in [0.5, 0.6) is 0 Å². The topological polar surface area (TPSA) is 57.6 Å². The normalized spacial score (nSPS) is 37.7. The number of aliphatic hydroxyl groups excluding tert-OH is 1. The standard InChI is InChI=1S/C35H61NO3/c1-5-36(6-2)32(39)17-15-13-11-9-7-8-10-12-14-16-26-24-27-25-28(37)20-22-34(27,3)30-21-23-35(4)29(33(26)30)18-19-31(35)38/h26-27,29-31,33,38H,5-25H2,1-4H3/t26-,27+,29+,30+,31+,33+,34+,35+/m1/s1. The second-order valence-electron chi connectivity index (χ2n) is 14.7. The van der Waals surface area contributed by atoms with Crippen LogP contribution >= 0.6 is 0 Å². The van der Waals surface area contributed by atoms with Crippen LogP contribution in [0, 0.1) is 40.4 Å². The number of carbonyl (C=O) groups is 2. The molecule has 224 valence electrons. The molecular formula is C35H61NO3. The number of ketones is 1. The fourth-order valence-electron chi connectivity index (χ4n) is 10.1. The molecule has 4 heteroatoms. The summed E-state index contributed by atoms with van der Waals surface area (Å²) in [5.74, 6) is 4.42. The van der Waals surface area contributed by atoms with Crippen molar-refractivity contribution < 1.29 is 14.7 Å². The summed E-state index contributed by atoms with van der Waals surface area (Å²) in [5.41, 5.74) is 0.481. The van der Waals surface area contributed by atoms with Crippen LogP contribution in [0.3, 0.4) is 0 Å². The van der Waals surface area contributed by atoms with Crippen molar-refractivity contribution in [2.75, 3.05) is 13.1 Å². The zero-order valence-corrected chi connectivity index (χ0v) is 26.0. The van der Waals surface area contributed by atoms with E-state index in [4.69, 9.17) is 0 Å². The van der Waals surface area contributed by atoms with Gasteiger partial charge in [-0.1, -0.05) is 71.6 Å². The monoisotopic (exact) mass is 543 g/mol. The Labute approximate surface area is 240 Å². The summed E-state index contributed by atoms with van der Waals surface area (Å²) < 4.78 is 0. The fourth-order valence-corrected chi connectivity index (χ4v) is 10.1. The van der Waals surface area contributed by atoms with Crippen molar-refractivity contribution in [1.29, 1.82) is 0 Å². The Bertz CT molecular complexity index is 808. The molecule has 0 saturated heterocycles. The molecule has 0 heterocycles. The highest BCUT2D eigenvalue weighted by Gasteiger charge is 2.62. The molecule has 0 radical (unpaired) electrons. The average molecular weight is 544 g/mol. The molecule has 0 spiro atoms. The minimum atomic E-state index is -0.106. The van der Waals surface area contributed by atoms with Crippen molar-refractivity contribution >= 4 is 11.7 Å². The van der Waals surface area contributed by atoms with Gasteiger partial charge in [-0.15, -0.1) is 0 Å². The molecule has 39 heavy (non-hydrogen) atoms. The average Bonchev–Trinajstić information content (AvgIpc) is 3.22. The van der Waals surface area contributed by atoms with Gasteiger partial charge < -0.3 is 10.0 Å². The highest BCUT2D eigenvalue weighted by Crippen LogP contribution is 2.67. The van der Waals surface area contributed by atoms with Crippen LogP contribution in [0.1, 0.15) is 150 Å². The number of aliphatic hydroxyl groups is 1. The van der Waals surface area contributed by atoms with Crippen LogP contribution in [0.4, 0.5) is 0 Å². The van der Waals surface area contributed by atoms with E-state index in [-0.39, 0.29) is 11.5 Å². The van der Waals surface area contributed by atoms with Gasteiger partial charge in [0.15, 0.2) is 0 Å². The van der Waals surface area contributed by atoms with Crippen LogP contribution < -0.4 is 0 Å². The number of hydrogen-bond acceptors (Lipinski definition) is 3. The third-order valence-electron chi connectivity index (χ3n) is 12.7. The third-order valence-corrected chi connectivity index (χ3v) is 12.7. The fraction of sp³-hybridized carbons (Fsp3) is 0.943. The van der Waals surface area contributed by atoms with Gasteiger partial charge in [0.1, 0.15) is 5.78 Å². The van der Waals surface area contributed by atoms with Gasteiger partial charge in [0, 0.05) is 32.4 Å². The lowest BCUT2D eigenvalue weighted by molar-refractivity contribution is -0.156. The molecule has 4 aliphatic rings. The second-order valence-corrected chi connectivity index (χ2v) is 14.7. The molecule has 0 aromatic heterocycles. The zero-order valence-electron chi connectivity index (χ0n) is 26.0. The van der Waals surface area contributed by atoms with Crippen LogP contribution in [-0.2, 0) is 9.59 Å². The van der Waals surface area contributed by atoms with Gasteiger partial charge in [-0.05, 0) is 99.2 Å². The number of rotatable bonds is 14. The van der Waals surface area contributed by atoms with Crippen molar-refractivity contribution in [3.05, 3.63) is 0 Å². The van der Waals surface area contributed by atoms with Crippen LogP contribution in [0.2, 0.25) is 0 Å². The van der Waals surface area contributed by atoms with Gasteiger partial charge in [0.25, 0.3) is 0 Å². The molecule has 1 N–H and O–H groups in total. The van der Waals surface area contributed by atoms with Crippen molar-refractivity contribution in [2.45, 2.75) is 156 Å². The predicted octanol–water partition coefficient (Wildman–Crippen LogP) is 8.34. The number of unbranched alkanes of at least 4 members (excludes halogenated alkanes) is 8. The second kappa shape index (κ2) is 13.8. The van der Waals surface area contributed by atoms with Crippen LogP contribution in [0.15, 0.2) is 0 Å². The Balaban J connectivity index is 1.19. The summed E-state index contributed by atoms with van der Waals surface area (Å²) in [6.45, 7) is 10.8. The summed E-state index contributed by atoms with van der Waals surface area (Å²) in [6, 6.07) is 0. The Kier molecular flexibility index (Phi) is 11.0. The van der Waals surface area contributed by atoms with Crippen LogP contribution in [0.25, 0.3) is 0 Å². The smallest absolute Gasteiger partial charge is 0.222 e. The predicted molar refractivity (Wildman–Crippen MR) is 160 cm³/mol.